The molecule has 0 N–H and O–H groups in total. The Morgan fingerprint density at radius 2 is 1.02 bits per heavy atom. The van der Waals surface area contributed by atoms with E-state index >= 15 is 0 Å². The van der Waals surface area contributed by atoms with E-state index in [9.17, 15) is 4.11 Å². The molecule has 0 fully saturated rings. The molecular weight excluding hydrogens is 496 g/mol. The molecule has 1 heterocycles. The third kappa shape index (κ3) is 3.24. The maximum Gasteiger partial charge on any atom is 0.143 e. The second kappa shape index (κ2) is 8.55. The molecule has 0 amide bonds. The normalized spacial score (nSPS) is 17.4. The number of hydrogen-bond acceptors (Lipinski definition) is 1. The van der Waals surface area contributed by atoms with Crippen molar-refractivity contribution in [2.45, 2.75) is 0 Å². The van der Waals surface area contributed by atoms with E-state index in [4.69, 9.17) is 22.2 Å². The van der Waals surface area contributed by atoms with E-state index in [0.717, 1.165) is 0 Å². The fourth-order valence-electron chi connectivity index (χ4n) is 5.79. The molecule has 0 saturated heterocycles. The molecule has 0 saturated carbocycles. The fraction of sp³-hybridized carbons (Fsp3) is 0. The molecule has 0 bridgehead atoms. The van der Waals surface area contributed by atoms with Gasteiger partial charge >= 0.3 is 0 Å². The molecule has 0 spiro atoms. The zero-order chi connectivity index (χ0) is 40.8. The van der Waals surface area contributed by atoms with Crippen LogP contribution < -0.4 is 0 Å². The van der Waals surface area contributed by atoms with E-state index in [-0.39, 0.29) is 60.7 Å². The maximum absolute atomic E-state index is 9.79. The van der Waals surface area contributed by atoms with Crippen molar-refractivity contribution >= 4 is 65.0 Å². The highest BCUT2D eigenvalue weighted by atomic mass is 16.3. The number of fused-ring (bicyclic) bond motifs is 8. The Bertz CT molecular complexity index is 3280. The average Bonchev–Trinajstić information content (AvgIpc) is 3.61. The van der Waals surface area contributed by atoms with Gasteiger partial charge in [0.1, 0.15) is 11.2 Å². The number of rotatable bonds is 2. The summed E-state index contributed by atoms with van der Waals surface area (Å²) in [6.07, 6.45) is 0. The lowest BCUT2D eigenvalue weighted by atomic mass is 9.85. The summed E-state index contributed by atoms with van der Waals surface area (Å²) in [5, 5.41) is 0.477. The molecule has 9 aromatic rings. The van der Waals surface area contributed by atoms with Crippen molar-refractivity contribution in [3.05, 3.63) is 145 Å². The van der Waals surface area contributed by atoms with Gasteiger partial charge in [-0.3, -0.25) is 0 Å². The molecule has 0 radical (unpaired) electrons. The number of benzene rings is 8. The van der Waals surface area contributed by atoms with Gasteiger partial charge in [0, 0.05) is 21.9 Å². The predicted octanol–water partition coefficient (Wildman–Crippen LogP) is 11.5. The van der Waals surface area contributed by atoms with Crippen molar-refractivity contribution in [2.24, 2.45) is 0 Å². The highest BCUT2D eigenvalue weighted by Crippen LogP contribution is 2.48. The van der Waals surface area contributed by atoms with Crippen LogP contribution in [0.5, 0.6) is 0 Å². The van der Waals surface area contributed by atoms with Gasteiger partial charge in [0.05, 0.1) is 21.9 Å². The first-order valence-corrected chi connectivity index (χ1v) is 12.8. The Morgan fingerprint density at radius 3 is 1.71 bits per heavy atom. The van der Waals surface area contributed by atoms with Gasteiger partial charge in [0.25, 0.3) is 0 Å². The predicted molar refractivity (Wildman–Crippen MR) is 175 cm³/mol. The average molecular weight is 537 g/mol. The van der Waals surface area contributed by atoms with Crippen LogP contribution in [0.15, 0.2) is 150 Å². The summed E-state index contributed by atoms with van der Waals surface area (Å²) in [6.45, 7) is 0. The van der Waals surface area contributed by atoms with Gasteiger partial charge < -0.3 is 4.42 Å². The second-order valence-electron chi connectivity index (χ2n) is 9.60. The molecule has 8 aromatic carbocycles. The maximum atomic E-state index is 9.79. The van der Waals surface area contributed by atoms with Crippen LogP contribution >= 0.6 is 0 Å². The largest absolute Gasteiger partial charge is 0.455 e. The fourth-order valence-corrected chi connectivity index (χ4v) is 5.79. The Hall–Kier alpha value is -5.40. The monoisotopic (exact) mass is 536 g/mol. The highest BCUT2D eigenvalue weighted by Gasteiger charge is 2.22. The lowest BCUT2D eigenvalue weighted by Gasteiger charge is -2.18. The van der Waals surface area contributed by atoms with E-state index in [0.29, 0.717) is 32.7 Å². The highest BCUT2D eigenvalue weighted by molar-refractivity contribution is 6.28. The molecule has 190 valence electrons. The smallest absolute Gasteiger partial charge is 0.143 e. The Labute approximate surface area is 259 Å². The third-order valence-electron chi connectivity index (χ3n) is 7.43. The first-order valence-electron chi connectivity index (χ1n) is 20.8. The lowest BCUT2D eigenvalue weighted by molar-refractivity contribution is 0.671. The first kappa shape index (κ1) is 12.0. The Morgan fingerprint density at radius 1 is 0.463 bits per heavy atom. The Balaban J connectivity index is 1.60. The quantitative estimate of drug-likeness (QED) is 0.200. The second-order valence-corrected chi connectivity index (χ2v) is 9.60. The number of furan rings is 1. The zero-order valence-corrected chi connectivity index (χ0v) is 21.0. The minimum atomic E-state index is -0.634. The molecule has 1 aromatic heterocycles. The van der Waals surface area contributed by atoms with Gasteiger partial charge in [0.15, 0.2) is 0 Å². The summed E-state index contributed by atoms with van der Waals surface area (Å²) in [5.41, 5.74) is 0.127. The van der Waals surface area contributed by atoms with Crippen LogP contribution in [-0.2, 0) is 0 Å². The SMILES string of the molecule is [2H]c1c([2H])c([2H])c(-c2c3ccccc3c(-c3c([2H])c4c([2H])c([2H])c([2H])c([2H])c4c4c3oc3c([2H])c5c([2H])c([2H])c([2H])c([2H])c5c([2H])c34)c3ccccc23)c([2H])c1[2H]. The van der Waals surface area contributed by atoms with E-state index in [1.807, 2.05) is 0 Å². The van der Waals surface area contributed by atoms with Crippen molar-refractivity contribution in [3.8, 4) is 22.3 Å². The van der Waals surface area contributed by atoms with Gasteiger partial charge in [-0.2, -0.15) is 0 Å². The van der Waals surface area contributed by atoms with Crippen LogP contribution in [0.4, 0.5) is 0 Å². The van der Waals surface area contributed by atoms with Gasteiger partial charge in [-0.25, -0.2) is 0 Å². The standard InChI is InChI=1S/C40H24O/c1-2-12-25(13-3-1)37-30-18-8-10-20-32(30)38(33-21-11-9-19-31(33)37)35-23-28-16-6-7-17-29(28)39-34-22-26-14-4-5-15-27(26)24-36(34)41-40(35)39/h1-24H/i1D,2D,3D,4D,5D,6D,7D,12D,13D,14D,15D,16D,17D,22D,23D,24D. The first-order chi connectivity index (χ1) is 27.0. The lowest BCUT2D eigenvalue weighted by Crippen LogP contribution is -1.91. The van der Waals surface area contributed by atoms with Gasteiger partial charge in [-0.15, -0.1) is 0 Å². The van der Waals surface area contributed by atoms with Crippen molar-refractivity contribution in [3.63, 3.8) is 0 Å². The summed E-state index contributed by atoms with van der Waals surface area (Å²) in [5.74, 6) is 0. The van der Waals surface area contributed by atoms with E-state index in [2.05, 4.69) is 0 Å². The van der Waals surface area contributed by atoms with Crippen LogP contribution in [-0.4, -0.2) is 0 Å². The van der Waals surface area contributed by atoms with Gasteiger partial charge in [-0.05, 0) is 72.3 Å². The van der Waals surface area contributed by atoms with Crippen LogP contribution in [0.2, 0.25) is 0 Å². The van der Waals surface area contributed by atoms with E-state index in [1.165, 1.54) is 0 Å². The third-order valence-corrected chi connectivity index (χ3v) is 7.43. The van der Waals surface area contributed by atoms with E-state index < -0.39 is 90.6 Å². The van der Waals surface area contributed by atoms with Crippen LogP contribution in [0.25, 0.3) is 87.3 Å². The van der Waals surface area contributed by atoms with Gasteiger partial charge in [0.2, 0.25) is 0 Å². The summed E-state index contributed by atoms with van der Waals surface area (Å²) >= 11 is 0. The topological polar surface area (TPSA) is 13.1 Å². The summed E-state index contributed by atoms with van der Waals surface area (Å²) in [7, 11) is 0. The zero-order valence-electron chi connectivity index (χ0n) is 37.0. The van der Waals surface area contributed by atoms with Crippen LogP contribution in [0.1, 0.15) is 21.9 Å². The molecule has 1 heteroatoms. The summed E-state index contributed by atoms with van der Waals surface area (Å²) in [4.78, 5) is 0. The van der Waals surface area contributed by atoms with Crippen LogP contribution in [0, 0.1) is 0 Å². The molecule has 0 unspecified atom stereocenters. The van der Waals surface area contributed by atoms with Gasteiger partial charge in [-0.1, -0.05) is 127 Å². The number of hydrogen-bond donors (Lipinski definition) is 0. The summed E-state index contributed by atoms with van der Waals surface area (Å²) < 4.78 is 147. The molecule has 1 nitrogen and oxygen atoms in total. The van der Waals surface area contributed by atoms with Crippen molar-refractivity contribution in [1.29, 1.82) is 0 Å². The molecule has 9 rings (SSSR count). The Kier molecular flexibility index (Phi) is 2.50. The van der Waals surface area contributed by atoms with Crippen molar-refractivity contribution in [1.82, 2.24) is 0 Å². The minimum Gasteiger partial charge on any atom is -0.455 e. The molecule has 0 aliphatic heterocycles. The van der Waals surface area contributed by atoms with Crippen LogP contribution in [0.3, 0.4) is 0 Å². The molecule has 0 aliphatic carbocycles. The van der Waals surface area contributed by atoms with Crippen molar-refractivity contribution in [2.75, 3.05) is 0 Å². The minimum absolute atomic E-state index is 0.00107. The van der Waals surface area contributed by atoms with E-state index in [1.54, 1.807) is 48.5 Å². The molecular formula is C40H24O. The summed E-state index contributed by atoms with van der Waals surface area (Å²) in [6, 6.07) is 5.04. The molecule has 0 atom stereocenters. The van der Waals surface area contributed by atoms with Crippen molar-refractivity contribution < 1.29 is 26.3 Å². The molecule has 0 aliphatic rings. The molecule has 41 heavy (non-hydrogen) atoms.